The molecule has 214 valence electrons. The maximum absolute atomic E-state index is 12.2. The van der Waals surface area contributed by atoms with Crippen molar-refractivity contribution < 1.29 is 62.0 Å². The van der Waals surface area contributed by atoms with Crippen LogP contribution < -0.4 is 0 Å². The summed E-state index contributed by atoms with van der Waals surface area (Å²) in [5, 5.41) is 0. The topological polar surface area (TPSA) is 183 Å². The number of hydrogen-bond donors (Lipinski definition) is 0. The van der Waals surface area contributed by atoms with E-state index in [1.54, 1.807) is 0 Å². The van der Waals surface area contributed by atoms with Gasteiger partial charge in [0.2, 0.25) is 0 Å². The summed E-state index contributed by atoms with van der Waals surface area (Å²) in [5.74, 6) is -4.52. The molecule has 0 aromatic carbocycles. The van der Waals surface area contributed by atoms with E-state index in [-0.39, 0.29) is 68.7 Å². The smallest absolute Gasteiger partial charge is 0.306 e. The van der Waals surface area contributed by atoms with Crippen molar-refractivity contribution in [3.63, 3.8) is 0 Å². The molecule has 0 aromatic rings. The lowest BCUT2D eigenvalue weighted by Crippen LogP contribution is -2.44. The van der Waals surface area contributed by atoms with Crippen LogP contribution in [0.2, 0.25) is 0 Å². The van der Waals surface area contributed by atoms with Crippen LogP contribution >= 0.6 is 0 Å². The highest BCUT2D eigenvalue weighted by atomic mass is 16.6. The summed E-state index contributed by atoms with van der Waals surface area (Å²) >= 11 is 0. The Morgan fingerprint density at radius 1 is 0.421 bits per heavy atom. The highest BCUT2D eigenvalue weighted by Crippen LogP contribution is 2.23. The van der Waals surface area contributed by atoms with Crippen molar-refractivity contribution in [1.29, 1.82) is 0 Å². The Balaban J connectivity index is 5.67. The first-order valence-electron chi connectivity index (χ1n) is 12.0. The maximum Gasteiger partial charge on any atom is 0.306 e. The minimum absolute atomic E-state index is 0.0750. The fourth-order valence-electron chi connectivity index (χ4n) is 2.61. The predicted molar refractivity (Wildman–Crippen MR) is 127 cm³/mol. The summed E-state index contributed by atoms with van der Waals surface area (Å²) in [5.41, 5.74) is -1.56. The molecular formula is C25H36O13. The number of Topliss-reactive ketones (excluding diaryl/α,β-unsaturated/α-hetero) is 3. The molecule has 13 nitrogen and oxygen atoms in total. The molecule has 0 N–H and O–H groups in total. The number of ketones is 3. The van der Waals surface area contributed by atoms with Crippen molar-refractivity contribution in [2.24, 2.45) is 5.41 Å². The van der Waals surface area contributed by atoms with Gasteiger partial charge in [-0.15, -0.1) is 0 Å². The Kier molecular flexibility index (Phi) is 16.8. The Hall–Kier alpha value is -3.64. The molecule has 0 heterocycles. The van der Waals surface area contributed by atoms with Gasteiger partial charge in [0, 0.05) is 19.3 Å². The van der Waals surface area contributed by atoms with Gasteiger partial charge in [0.1, 0.15) is 49.2 Å². The first-order chi connectivity index (χ1) is 17.8. The quantitative estimate of drug-likeness (QED) is 0.158. The van der Waals surface area contributed by atoms with E-state index in [2.05, 4.69) is 4.74 Å². The Morgan fingerprint density at radius 2 is 0.658 bits per heavy atom. The zero-order valence-electron chi connectivity index (χ0n) is 22.3. The summed E-state index contributed by atoms with van der Waals surface area (Å²) < 4.78 is 25.3. The van der Waals surface area contributed by atoms with E-state index < -0.39 is 61.7 Å². The lowest BCUT2D eigenvalue weighted by Gasteiger charge is -2.31. The van der Waals surface area contributed by atoms with Gasteiger partial charge in [-0.05, 0) is 20.8 Å². The van der Waals surface area contributed by atoms with Gasteiger partial charge in [-0.25, -0.2) is 0 Å². The maximum atomic E-state index is 12.2. The molecule has 0 spiro atoms. The van der Waals surface area contributed by atoms with E-state index in [4.69, 9.17) is 18.9 Å². The number of ether oxygens (including phenoxy) is 5. The van der Waals surface area contributed by atoms with E-state index in [1.165, 1.54) is 20.8 Å². The molecule has 0 atom stereocenters. The van der Waals surface area contributed by atoms with Gasteiger partial charge in [-0.1, -0.05) is 0 Å². The molecule has 0 fully saturated rings. The van der Waals surface area contributed by atoms with Gasteiger partial charge in [0.15, 0.2) is 0 Å². The van der Waals surface area contributed by atoms with Crippen molar-refractivity contribution in [3.8, 4) is 0 Å². The van der Waals surface area contributed by atoms with E-state index in [0.717, 1.165) is 7.11 Å². The predicted octanol–water partition coefficient (Wildman–Crippen LogP) is 1.21. The lowest BCUT2D eigenvalue weighted by molar-refractivity contribution is -0.172. The molecule has 0 bridgehead atoms. The fourth-order valence-corrected chi connectivity index (χ4v) is 2.61. The number of hydrogen-bond acceptors (Lipinski definition) is 13. The molecule has 0 rings (SSSR count). The number of methoxy groups -OCH3 is 1. The van der Waals surface area contributed by atoms with E-state index in [9.17, 15) is 38.4 Å². The van der Waals surface area contributed by atoms with E-state index in [0.29, 0.717) is 0 Å². The Morgan fingerprint density at radius 3 is 0.895 bits per heavy atom. The molecule has 0 radical (unpaired) electrons. The third-order valence-electron chi connectivity index (χ3n) is 4.96. The van der Waals surface area contributed by atoms with Gasteiger partial charge in [0.25, 0.3) is 0 Å². The number of carbonyl (C=O) groups excluding carboxylic acids is 8. The van der Waals surface area contributed by atoms with Gasteiger partial charge in [0.05, 0.1) is 39.2 Å². The van der Waals surface area contributed by atoms with Crippen LogP contribution in [0.3, 0.4) is 0 Å². The Bertz CT molecular complexity index is 791. The molecule has 0 saturated carbocycles. The van der Waals surface area contributed by atoms with Crippen molar-refractivity contribution in [2.45, 2.75) is 72.1 Å². The molecule has 0 saturated heterocycles. The molecule has 0 aliphatic carbocycles. The van der Waals surface area contributed by atoms with Gasteiger partial charge in [-0.2, -0.15) is 0 Å². The van der Waals surface area contributed by atoms with Gasteiger partial charge >= 0.3 is 29.8 Å². The first kappa shape index (κ1) is 34.4. The highest BCUT2D eigenvalue weighted by Gasteiger charge is 2.38. The second kappa shape index (κ2) is 18.6. The minimum Gasteiger partial charge on any atom is -0.469 e. The van der Waals surface area contributed by atoms with Crippen molar-refractivity contribution in [1.82, 2.24) is 0 Å². The lowest BCUT2D eigenvalue weighted by atomic mass is 9.92. The van der Waals surface area contributed by atoms with Crippen molar-refractivity contribution in [2.75, 3.05) is 33.5 Å². The minimum atomic E-state index is -1.56. The standard InChI is InChI=1S/C25H36O13/c1-17(26)5-8-21(30)35-13-25(14-36-22(31)9-6-18(2)27,15-37-23(32)10-7-19(3)28)16-38-24(33)12-11-20(29)34-4/h5-16H2,1-4H3. The van der Waals surface area contributed by atoms with Gasteiger partial charge < -0.3 is 38.1 Å². The highest BCUT2D eigenvalue weighted by molar-refractivity contribution is 5.82. The third kappa shape index (κ3) is 17.7. The zero-order chi connectivity index (χ0) is 29.1. The molecule has 13 heteroatoms. The van der Waals surface area contributed by atoms with Crippen LogP contribution in [0.15, 0.2) is 0 Å². The van der Waals surface area contributed by atoms with Crippen molar-refractivity contribution >= 4 is 47.2 Å². The Labute approximate surface area is 220 Å². The molecule has 0 aliphatic rings. The summed E-state index contributed by atoms with van der Waals surface area (Å²) in [4.78, 5) is 93.5. The van der Waals surface area contributed by atoms with Crippen molar-refractivity contribution in [3.05, 3.63) is 0 Å². The SMILES string of the molecule is COC(=O)CCC(=O)OCC(COC(=O)CCC(C)=O)(COC(=O)CCC(C)=O)COC(=O)CCC(C)=O. The van der Waals surface area contributed by atoms with Crippen LogP contribution in [0.5, 0.6) is 0 Å². The van der Waals surface area contributed by atoms with Crippen LogP contribution in [0.1, 0.15) is 72.1 Å². The monoisotopic (exact) mass is 544 g/mol. The molecule has 0 unspecified atom stereocenters. The van der Waals surface area contributed by atoms with Crippen LogP contribution in [-0.2, 0) is 62.0 Å². The zero-order valence-corrected chi connectivity index (χ0v) is 22.3. The number of rotatable bonds is 20. The molecule has 0 aliphatic heterocycles. The molecule has 38 heavy (non-hydrogen) atoms. The van der Waals surface area contributed by atoms with Crippen LogP contribution in [0.4, 0.5) is 0 Å². The fraction of sp³-hybridized carbons (Fsp3) is 0.680. The summed E-state index contributed by atoms with van der Waals surface area (Å²) in [6.07, 6.45) is -1.53. The summed E-state index contributed by atoms with van der Waals surface area (Å²) in [7, 11) is 1.15. The van der Waals surface area contributed by atoms with E-state index >= 15 is 0 Å². The molecule has 0 aromatic heterocycles. The average Bonchev–Trinajstić information content (AvgIpc) is 2.86. The normalized spacial score (nSPS) is 10.6. The van der Waals surface area contributed by atoms with Crippen LogP contribution in [0, 0.1) is 5.41 Å². The largest absolute Gasteiger partial charge is 0.469 e. The van der Waals surface area contributed by atoms with Gasteiger partial charge in [-0.3, -0.25) is 24.0 Å². The number of carbonyl (C=O) groups is 8. The van der Waals surface area contributed by atoms with E-state index in [1.807, 2.05) is 0 Å². The average molecular weight is 545 g/mol. The summed E-state index contributed by atoms with van der Waals surface area (Å²) in [6, 6.07) is 0. The number of esters is 5. The third-order valence-corrected chi connectivity index (χ3v) is 4.96. The first-order valence-corrected chi connectivity index (χ1v) is 12.0. The second-order valence-electron chi connectivity index (χ2n) is 8.82. The molecular weight excluding hydrogens is 508 g/mol. The molecule has 0 amide bonds. The second-order valence-corrected chi connectivity index (χ2v) is 8.82. The van der Waals surface area contributed by atoms with Crippen LogP contribution in [0.25, 0.3) is 0 Å². The van der Waals surface area contributed by atoms with Crippen LogP contribution in [-0.4, -0.2) is 80.7 Å². The summed E-state index contributed by atoms with van der Waals surface area (Å²) in [6.45, 7) is 1.74.